The first kappa shape index (κ1) is 14.6. The van der Waals surface area contributed by atoms with Crippen molar-refractivity contribution in [2.45, 2.75) is 32.1 Å². The molecule has 1 aromatic rings. The van der Waals surface area contributed by atoms with E-state index in [0.717, 1.165) is 19.3 Å². The largest absolute Gasteiger partial charge is 0.497 e. The van der Waals surface area contributed by atoms with Gasteiger partial charge in [0.2, 0.25) is 0 Å². The van der Waals surface area contributed by atoms with Crippen molar-refractivity contribution < 1.29 is 13.9 Å². The van der Waals surface area contributed by atoms with Crippen molar-refractivity contribution in [3.63, 3.8) is 0 Å². The van der Waals surface area contributed by atoms with Gasteiger partial charge in [0.15, 0.2) is 0 Å². The second-order valence-corrected chi connectivity index (χ2v) is 4.96. The van der Waals surface area contributed by atoms with Gasteiger partial charge in [-0.05, 0) is 44.2 Å². The third kappa shape index (κ3) is 3.83. The minimum Gasteiger partial charge on any atom is -0.497 e. The quantitative estimate of drug-likeness (QED) is 0.837. The number of ether oxygens (including phenoxy) is 1. The van der Waals surface area contributed by atoms with Gasteiger partial charge in [0, 0.05) is 12.6 Å². The lowest BCUT2D eigenvalue weighted by atomic mass is 9.97. The molecule has 0 unspecified atom stereocenters. The summed E-state index contributed by atoms with van der Waals surface area (Å²) in [5.74, 6) is -0.522. The summed E-state index contributed by atoms with van der Waals surface area (Å²) in [5.41, 5.74) is 1.45. The Morgan fingerprint density at radius 2 is 2.25 bits per heavy atom. The Labute approximate surface area is 118 Å². The fraction of sp³-hybridized carbons (Fsp3) is 0.438. The SMILES string of the molecule is COc1ccc(C(=O)NCCC2=CCCCC2)c(F)c1. The van der Waals surface area contributed by atoms with Crippen molar-refractivity contribution in [3.8, 4) is 5.75 Å². The highest BCUT2D eigenvalue weighted by Crippen LogP contribution is 2.20. The molecule has 2 rings (SSSR count). The van der Waals surface area contributed by atoms with Gasteiger partial charge in [-0.2, -0.15) is 0 Å². The Balaban J connectivity index is 1.87. The Bertz CT molecular complexity index is 511. The van der Waals surface area contributed by atoms with Gasteiger partial charge < -0.3 is 10.1 Å². The molecule has 0 spiro atoms. The standard InChI is InChI=1S/C16H20FNO2/c1-20-13-7-8-14(15(17)11-13)16(19)18-10-9-12-5-3-2-4-6-12/h5,7-8,11H,2-4,6,9-10H2,1H3,(H,18,19). The lowest BCUT2D eigenvalue weighted by molar-refractivity contribution is 0.0950. The third-order valence-corrected chi connectivity index (χ3v) is 3.54. The van der Waals surface area contributed by atoms with Crippen LogP contribution >= 0.6 is 0 Å². The molecule has 20 heavy (non-hydrogen) atoms. The topological polar surface area (TPSA) is 38.3 Å². The number of carbonyl (C=O) groups is 1. The zero-order valence-electron chi connectivity index (χ0n) is 11.7. The van der Waals surface area contributed by atoms with E-state index >= 15 is 0 Å². The van der Waals surface area contributed by atoms with E-state index in [1.807, 2.05) is 0 Å². The normalized spacial score (nSPS) is 14.6. The van der Waals surface area contributed by atoms with Gasteiger partial charge in [-0.15, -0.1) is 0 Å². The second kappa shape index (κ2) is 7.08. The van der Waals surface area contributed by atoms with E-state index in [2.05, 4.69) is 11.4 Å². The third-order valence-electron chi connectivity index (χ3n) is 3.54. The number of halogens is 1. The van der Waals surface area contributed by atoms with E-state index in [9.17, 15) is 9.18 Å². The molecular formula is C16H20FNO2. The highest BCUT2D eigenvalue weighted by atomic mass is 19.1. The average Bonchev–Trinajstić information content (AvgIpc) is 2.48. The van der Waals surface area contributed by atoms with Gasteiger partial charge in [0.1, 0.15) is 11.6 Å². The number of amides is 1. The molecule has 0 aliphatic heterocycles. The molecule has 0 bridgehead atoms. The van der Waals surface area contributed by atoms with Crippen LogP contribution in [0.25, 0.3) is 0 Å². The molecule has 1 N–H and O–H groups in total. The highest BCUT2D eigenvalue weighted by Gasteiger charge is 2.12. The Morgan fingerprint density at radius 1 is 1.40 bits per heavy atom. The molecule has 0 saturated carbocycles. The highest BCUT2D eigenvalue weighted by molar-refractivity contribution is 5.94. The number of methoxy groups -OCH3 is 1. The number of hydrogen-bond acceptors (Lipinski definition) is 2. The van der Waals surface area contributed by atoms with Crippen molar-refractivity contribution in [2.75, 3.05) is 13.7 Å². The molecule has 1 aliphatic carbocycles. The van der Waals surface area contributed by atoms with E-state index in [1.165, 1.54) is 37.7 Å². The van der Waals surface area contributed by atoms with Gasteiger partial charge in [0.05, 0.1) is 12.7 Å². The summed E-state index contributed by atoms with van der Waals surface area (Å²) in [6, 6.07) is 4.25. The smallest absolute Gasteiger partial charge is 0.254 e. The predicted octanol–water partition coefficient (Wildman–Crippen LogP) is 3.45. The van der Waals surface area contributed by atoms with Crippen LogP contribution < -0.4 is 10.1 Å². The van der Waals surface area contributed by atoms with Gasteiger partial charge in [-0.1, -0.05) is 11.6 Å². The fourth-order valence-corrected chi connectivity index (χ4v) is 2.37. The molecule has 1 aliphatic rings. The maximum absolute atomic E-state index is 13.7. The Kier molecular flexibility index (Phi) is 5.16. The maximum atomic E-state index is 13.7. The zero-order chi connectivity index (χ0) is 14.4. The molecule has 0 saturated heterocycles. The van der Waals surface area contributed by atoms with Gasteiger partial charge in [-0.25, -0.2) is 4.39 Å². The Morgan fingerprint density at radius 3 is 2.90 bits per heavy atom. The molecule has 0 heterocycles. The summed E-state index contributed by atoms with van der Waals surface area (Å²) in [6.45, 7) is 0.552. The van der Waals surface area contributed by atoms with Crippen LogP contribution in [-0.4, -0.2) is 19.6 Å². The number of nitrogens with one attached hydrogen (secondary N) is 1. The lowest BCUT2D eigenvalue weighted by Gasteiger charge is -2.13. The molecule has 3 nitrogen and oxygen atoms in total. The average molecular weight is 277 g/mol. The van der Waals surface area contributed by atoms with Gasteiger partial charge in [-0.3, -0.25) is 4.79 Å². The van der Waals surface area contributed by atoms with Crippen molar-refractivity contribution in [2.24, 2.45) is 0 Å². The maximum Gasteiger partial charge on any atom is 0.254 e. The number of hydrogen-bond donors (Lipinski definition) is 1. The minimum absolute atomic E-state index is 0.0587. The summed E-state index contributed by atoms with van der Waals surface area (Å²) in [6.07, 6.45) is 7.84. The van der Waals surface area contributed by atoms with E-state index < -0.39 is 5.82 Å². The van der Waals surface area contributed by atoms with E-state index in [1.54, 1.807) is 6.07 Å². The number of carbonyl (C=O) groups excluding carboxylic acids is 1. The predicted molar refractivity (Wildman–Crippen MR) is 76.5 cm³/mol. The summed E-state index contributed by atoms with van der Waals surface area (Å²) >= 11 is 0. The number of rotatable bonds is 5. The van der Waals surface area contributed by atoms with Crippen LogP contribution in [0.2, 0.25) is 0 Å². The molecule has 0 aromatic heterocycles. The molecular weight excluding hydrogens is 257 g/mol. The second-order valence-electron chi connectivity index (χ2n) is 4.96. The number of allylic oxidation sites excluding steroid dienone is 1. The van der Waals surface area contributed by atoms with Crippen LogP contribution in [0.15, 0.2) is 29.8 Å². The summed E-state index contributed by atoms with van der Waals surface area (Å²) in [4.78, 5) is 11.9. The minimum atomic E-state index is -0.557. The van der Waals surface area contributed by atoms with Crippen LogP contribution in [-0.2, 0) is 0 Å². The monoisotopic (exact) mass is 277 g/mol. The first-order chi connectivity index (χ1) is 9.70. The molecule has 4 heteroatoms. The van der Waals surface area contributed by atoms with Crippen LogP contribution in [0.1, 0.15) is 42.5 Å². The fourth-order valence-electron chi connectivity index (χ4n) is 2.37. The molecule has 1 amide bonds. The lowest BCUT2D eigenvalue weighted by Crippen LogP contribution is -2.25. The zero-order valence-corrected chi connectivity index (χ0v) is 11.7. The Hall–Kier alpha value is -1.84. The summed E-state index contributed by atoms with van der Waals surface area (Å²) < 4.78 is 18.6. The summed E-state index contributed by atoms with van der Waals surface area (Å²) in [7, 11) is 1.46. The van der Waals surface area contributed by atoms with E-state index in [-0.39, 0.29) is 11.5 Å². The van der Waals surface area contributed by atoms with Gasteiger partial charge >= 0.3 is 0 Å². The van der Waals surface area contributed by atoms with Crippen LogP contribution in [0.4, 0.5) is 4.39 Å². The van der Waals surface area contributed by atoms with Crippen LogP contribution in [0, 0.1) is 5.82 Å². The molecule has 0 radical (unpaired) electrons. The van der Waals surface area contributed by atoms with E-state index in [4.69, 9.17) is 4.74 Å². The molecule has 0 fully saturated rings. The molecule has 0 atom stereocenters. The van der Waals surface area contributed by atoms with E-state index in [0.29, 0.717) is 12.3 Å². The summed E-state index contributed by atoms with van der Waals surface area (Å²) in [5, 5.41) is 2.76. The van der Waals surface area contributed by atoms with Crippen molar-refractivity contribution in [1.82, 2.24) is 5.32 Å². The number of benzene rings is 1. The van der Waals surface area contributed by atoms with Crippen molar-refractivity contribution in [1.29, 1.82) is 0 Å². The van der Waals surface area contributed by atoms with Crippen LogP contribution in [0.3, 0.4) is 0 Å². The van der Waals surface area contributed by atoms with Crippen molar-refractivity contribution in [3.05, 3.63) is 41.2 Å². The molecule has 108 valence electrons. The molecule has 1 aromatic carbocycles. The van der Waals surface area contributed by atoms with Crippen molar-refractivity contribution >= 4 is 5.91 Å². The first-order valence-electron chi connectivity index (χ1n) is 7.00. The first-order valence-corrected chi connectivity index (χ1v) is 7.00. The van der Waals surface area contributed by atoms with Gasteiger partial charge in [0.25, 0.3) is 5.91 Å². The van der Waals surface area contributed by atoms with Crippen LogP contribution in [0.5, 0.6) is 5.75 Å².